The van der Waals surface area contributed by atoms with Crippen LogP contribution in [0.3, 0.4) is 0 Å². The summed E-state index contributed by atoms with van der Waals surface area (Å²) in [6.07, 6.45) is -0.507. The lowest BCUT2D eigenvalue weighted by Gasteiger charge is -2.26. The van der Waals surface area contributed by atoms with Crippen LogP contribution in [-0.4, -0.2) is 110 Å². The lowest BCUT2D eigenvalue weighted by atomic mass is 10.0. The van der Waals surface area contributed by atoms with Crippen molar-refractivity contribution in [3.05, 3.63) is 58.7 Å². The zero-order chi connectivity index (χ0) is 35.5. The zero-order valence-corrected chi connectivity index (χ0v) is 26.7. The molecule has 0 heterocycles. The van der Waals surface area contributed by atoms with Crippen LogP contribution in [0.2, 0.25) is 0 Å². The van der Waals surface area contributed by atoms with Crippen molar-refractivity contribution in [1.29, 1.82) is 0 Å². The van der Waals surface area contributed by atoms with E-state index in [1.54, 1.807) is 17.4 Å². The van der Waals surface area contributed by atoms with Gasteiger partial charge in [0.2, 0.25) is 11.4 Å². The van der Waals surface area contributed by atoms with Crippen LogP contribution in [0, 0.1) is 0 Å². The number of aliphatic carboxylic acids is 3. The van der Waals surface area contributed by atoms with E-state index in [2.05, 4.69) is 0 Å². The maximum Gasteiger partial charge on any atom is 0.360 e. The van der Waals surface area contributed by atoms with Crippen molar-refractivity contribution in [2.24, 2.45) is 0 Å². The van der Waals surface area contributed by atoms with Gasteiger partial charge in [0, 0.05) is 50.1 Å². The highest BCUT2D eigenvalue weighted by Crippen LogP contribution is 2.58. The zero-order valence-electron chi connectivity index (χ0n) is 24.9. The van der Waals surface area contributed by atoms with E-state index in [0.717, 1.165) is 0 Å². The number of aromatic hydroxyl groups is 2. The number of aryl methyl sites for hydroxylation is 2. The van der Waals surface area contributed by atoms with Gasteiger partial charge in [0.25, 0.3) is 0 Å². The molecule has 0 aliphatic carbocycles. The molecule has 0 saturated heterocycles. The summed E-state index contributed by atoms with van der Waals surface area (Å²) >= 11 is 0. The molecule has 260 valence electrons. The number of nitrogens with one attached hydrogen (secondary N) is 1. The number of nitrogens with zero attached hydrogens (tertiary/aromatic N) is 2. The summed E-state index contributed by atoms with van der Waals surface area (Å²) in [6.45, 7) is -1.22. The van der Waals surface area contributed by atoms with Crippen LogP contribution in [0.5, 0.6) is 11.5 Å². The molecule has 2 rings (SSSR count). The highest BCUT2D eigenvalue weighted by molar-refractivity contribution is 7.70. The molecule has 10 N–H and O–H groups in total. The Labute approximate surface area is 268 Å². The molecule has 0 aliphatic rings. The monoisotopic (exact) mass is 705 g/mol. The topological polar surface area (TPSA) is 303 Å². The first kappa shape index (κ1) is 39.3. The van der Waals surface area contributed by atoms with E-state index in [4.69, 9.17) is 5.11 Å². The number of carbonyl (C=O) groups excluding carboxylic acids is 1. The summed E-state index contributed by atoms with van der Waals surface area (Å²) in [4.78, 5) is 85.9. The Morgan fingerprint density at radius 3 is 1.43 bits per heavy atom. The van der Waals surface area contributed by atoms with Crippen LogP contribution < -0.4 is 5.32 Å². The molecule has 0 saturated carbocycles. The third-order valence-electron chi connectivity index (χ3n) is 6.72. The minimum absolute atomic E-state index is 0.000689. The first-order valence-corrected chi connectivity index (χ1v) is 17.2. The molecule has 0 unspecified atom stereocenters. The second-order valence-corrected chi connectivity index (χ2v) is 14.4. The molecule has 0 atom stereocenters. The minimum atomic E-state index is -5.39. The number of phenols is 2. The SMILES string of the molecule is O=C(O)CCc1ccc(O)c(CN(CCN(CC(=O)O)Cc2cc(CCC(=O)NC(P(=O)(O)O)P(=O)(O)O)ccc2O)CC(=O)O)c1. The second-order valence-electron chi connectivity index (χ2n) is 10.6. The molecule has 0 aromatic heterocycles. The number of hydrogen-bond acceptors (Lipinski definition) is 10. The van der Waals surface area contributed by atoms with Crippen molar-refractivity contribution in [3.8, 4) is 11.5 Å². The van der Waals surface area contributed by atoms with Crippen LogP contribution in [-0.2, 0) is 54.2 Å². The van der Waals surface area contributed by atoms with Crippen LogP contribution in [0.4, 0.5) is 0 Å². The number of hydrogen-bond donors (Lipinski definition) is 10. The Kier molecular flexibility index (Phi) is 14.5. The molecule has 0 spiro atoms. The quantitative estimate of drug-likeness (QED) is 0.0827. The Morgan fingerprint density at radius 2 is 1.06 bits per heavy atom. The van der Waals surface area contributed by atoms with Crippen molar-refractivity contribution < 1.29 is 73.4 Å². The van der Waals surface area contributed by atoms with E-state index in [0.29, 0.717) is 16.7 Å². The number of carbonyl (C=O) groups is 4. The largest absolute Gasteiger partial charge is 0.508 e. The Hall–Kier alpha value is -3.86. The maximum atomic E-state index is 12.2. The summed E-state index contributed by atoms with van der Waals surface area (Å²) < 4.78 is 22.8. The minimum Gasteiger partial charge on any atom is -0.508 e. The molecule has 20 heteroatoms. The third kappa shape index (κ3) is 14.2. The second kappa shape index (κ2) is 17.3. The van der Waals surface area contributed by atoms with E-state index in [1.165, 1.54) is 34.1 Å². The van der Waals surface area contributed by atoms with Crippen LogP contribution in [0.25, 0.3) is 0 Å². The van der Waals surface area contributed by atoms with Crippen LogP contribution in [0.15, 0.2) is 36.4 Å². The Balaban J connectivity index is 2.16. The molecule has 2 aromatic rings. The molecule has 0 radical (unpaired) electrons. The Bertz CT molecular complexity index is 1520. The van der Waals surface area contributed by atoms with Gasteiger partial charge in [0.1, 0.15) is 11.5 Å². The number of carboxylic acid groups (broad SMARTS) is 3. The molecule has 18 nitrogen and oxygen atoms in total. The highest BCUT2D eigenvalue weighted by Gasteiger charge is 2.44. The van der Waals surface area contributed by atoms with Gasteiger partial charge < -0.3 is 50.4 Å². The molecule has 47 heavy (non-hydrogen) atoms. The lowest BCUT2D eigenvalue weighted by Crippen LogP contribution is -2.39. The van der Waals surface area contributed by atoms with Crippen molar-refractivity contribution in [3.63, 3.8) is 0 Å². The summed E-state index contributed by atoms with van der Waals surface area (Å²) in [6, 6.07) is 8.61. The summed E-state index contributed by atoms with van der Waals surface area (Å²) in [5.74, 6) is -4.88. The molecule has 1 amide bonds. The van der Waals surface area contributed by atoms with Crippen molar-refractivity contribution in [2.75, 3.05) is 26.2 Å². The molecule has 0 fully saturated rings. The van der Waals surface area contributed by atoms with Gasteiger partial charge >= 0.3 is 33.1 Å². The maximum absolute atomic E-state index is 12.2. The van der Waals surface area contributed by atoms with Gasteiger partial charge in [-0.25, -0.2) is 0 Å². The van der Waals surface area contributed by atoms with Gasteiger partial charge in [-0.05, 0) is 36.1 Å². The average molecular weight is 706 g/mol. The van der Waals surface area contributed by atoms with Crippen LogP contribution in [0.1, 0.15) is 35.1 Å². The molecular formula is C27H37N3O15P2. The highest BCUT2D eigenvalue weighted by atomic mass is 31.2. The smallest absolute Gasteiger partial charge is 0.360 e. The fraction of sp³-hybridized carbons (Fsp3) is 0.407. The van der Waals surface area contributed by atoms with Gasteiger partial charge in [0.15, 0.2) is 0 Å². The van der Waals surface area contributed by atoms with Crippen molar-refractivity contribution in [1.82, 2.24) is 15.1 Å². The molecular weight excluding hydrogens is 668 g/mol. The lowest BCUT2D eigenvalue weighted by molar-refractivity contribution is -0.140. The number of phenolic OH excluding ortho intramolecular Hbond substituents is 2. The summed E-state index contributed by atoms with van der Waals surface area (Å²) in [5.41, 5.74) is -1.13. The van der Waals surface area contributed by atoms with Crippen molar-refractivity contribution in [2.45, 2.75) is 44.3 Å². The first-order valence-electron chi connectivity index (χ1n) is 13.9. The summed E-state index contributed by atoms with van der Waals surface area (Å²) in [7, 11) is -10.8. The standard InChI is InChI=1S/C27H37N3O15P2/c31-21-5-1-17(3-7-23(33)28-27(46(40,41)42)47(43,44)45)11-19(21)13-29(15-25(36)37)9-10-30(16-26(38)39)14-20-12-18(2-6-22(20)32)4-8-24(34)35/h1-2,5-6,11-12,27,31-32H,3-4,7-10,13-16H2,(H,28,33)(H,34,35)(H,36,37)(H,38,39)(H2,40,41,42)(H2,43,44,45). The van der Waals surface area contributed by atoms with E-state index in [1.807, 2.05) is 0 Å². The van der Waals surface area contributed by atoms with Gasteiger partial charge in [-0.2, -0.15) is 0 Å². The average Bonchev–Trinajstić information content (AvgIpc) is 2.93. The molecule has 0 bridgehead atoms. The fourth-order valence-corrected chi connectivity index (χ4v) is 6.70. The van der Waals surface area contributed by atoms with E-state index >= 15 is 0 Å². The van der Waals surface area contributed by atoms with Gasteiger partial charge in [-0.1, -0.05) is 24.3 Å². The van der Waals surface area contributed by atoms with Gasteiger partial charge in [-0.3, -0.25) is 38.1 Å². The first-order chi connectivity index (χ1) is 21.7. The number of rotatable bonds is 20. The normalized spacial score (nSPS) is 12.1. The number of carboxylic acids is 3. The molecule has 2 aromatic carbocycles. The van der Waals surface area contributed by atoms with Crippen molar-refractivity contribution >= 4 is 39.0 Å². The summed E-state index contributed by atoms with van der Waals surface area (Å²) in [5, 5.41) is 50.3. The van der Waals surface area contributed by atoms with Gasteiger partial charge in [0.05, 0.1) is 13.1 Å². The predicted octanol–water partition coefficient (Wildman–Crippen LogP) is 0.276. The number of benzene rings is 2. The van der Waals surface area contributed by atoms with Gasteiger partial charge in [-0.15, -0.1) is 0 Å². The predicted molar refractivity (Wildman–Crippen MR) is 162 cm³/mol. The Morgan fingerprint density at radius 1 is 0.660 bits per heavy atom. The molecule has 0 aliphatic heterocycles. The van der Waals surface area contributed by atoms with Crippen LogP contribution >= 0.6 is 15.2 Å². The van der Waals surface area contributed by atoms with E-state index < -0.39 is 64.0 Å². The van der Waals surface area contributed by atoms with E-state index in [-0.39, 0.29) is 62.5 Å². The third-order valence-corrected chi connectivity index (χ3v) is 10.1. The van der Waals surface area contributed by atoms with E-state index in [9.17, 15) is 68.3 Å². The number of amides is 1. The fourth-order valence-electron chi connectivity index (χ4n) is 4.51.